The van der Waals surface area contributed by atoms with Gasteiger partial charge in [-0.05, 0) is 31.2 Å². The quantitative estimate of drug-likeness (QED) is 0.669. The van der Waals surface area contributed by atoms with Gasteiger partial charge < -0.3 is 14.2 Å². The molecule has 138 valence electrons. The highest BCUT2D eigenvalue weighted by Crippen LogP contribution is 2.33. The molecule has 2 aromatic carbocycles. The molecule has 0 bridgehead atoms. The summed E-state index contributed by atoms with van der Waals surface area (Å²) in [6.07, 6.45) is 0.373. The summed E-state index contributed by atoms with van der Waals surface area (Å²) in [5.41, 5.74) is 3.74. The van der Waals surface area contributed by atoms with Crippen molar-refractivity contribution in [2.24, 2.45) is 0 Å². The van der Waals surface area contributed by atoms with E-state index in [0.717, 1.165) is 28.1 Å². The lowest BCUT2D eigenvalue weighted by atomic mass is 10.1. The predicted octanol–water partition coefficient (Wildman–Crippen LogP) is 3.04. The number of esters is 1. The van der Waals surface area contributed by atoms with Crippen LogP contribution < -0.4 is 4.90 Å². The summed E-state index contributed by atoms with van der Waals surface area (Å²) >= 11 is 0. The standard InChI is InChI=1S/C21H21N3O3/c1-14-7-9-16(10-8-14)23-12-15(11-19(23)25)21-22-17-5-3-4-6-18(17)24(21)13-20(26)27-2/h3-10,15H,11-13H2,1-2H3/t15-/m0/s1. The number of benzene rings is 2. The van der Waals surface area contributed by atoms with Crippen LogP contribution in [0.1, 0.15) is 23.7 Å². The first-order valence-corrected chi connectivity index (χ1v) is 8.96. The molecule has 1 aliphatic heterocycles. The van der Waals surface area contributed by atoms with Gasteiger partial charge in [-0.3, -0.25) is 9.59 Å². The third-order valence-electron chi connectivity index (χ3n) is 5.03. The summed E-state index contributed by atoms with van der Waals surface area (Å²) in [5.74, 6) is 0.417. The third-order valence-corrected chi connectivity index (χ3v) is 5.03. The van der Waals surface area contributed by atoms with Crippen molar-refractivity contribution in [1.29, 1.82) is 0 Å². The number of carbonyl (C=O) groups is 2. The van der Waals surface area contributed by atoms with Crippen molar-refractivity contribution >= 4 is 28.6 Å². The maximum Gasteiger partial charge on any atom is 0.325 e. The number of amides is 1. The fraction of sp³-hybridized carbons (Fsp3) is 0.286. The van der Waals surface area contributed by atoms with Gasteiger partial charge in [-0.2, -0.15) is 0 Å². The molecule has 1 fully saturated rings. The van der Waals surface area contributed by atoms with Gasteiger partial charge in [-0.1, -0.05) is 29.8 Å². The molecule has 0 saturated carbocycles. The number of aromatic nitrogens is 2. The monoisotopic (exact) mass is 363 g/mol. The highest BCUT2D eigenvalue weighted by atomic mass is 16.5. The number of imidazole rings is 1. The van der Waals surface area contributed by atoms with E-state index in [9.17, 15) is 9.59 Å². The van der Waals surface area contributed by atoms with Crippen LogP contribution in [0, 0.1) is 6.92 Å². The fourth-order valence-corrected chi connectivity index (χ4v) is 3.62. The minimum atomic E-state index is -0.334. The van der Waals surface area contributed by atoms with E-state index in [1.54, 1.807) is 4.90 Å². The van der Waals surface area contributed by atoms with Crippen LogP contribution in [0.5, 0.6) is 0 Å². The zero-order valence-electron chi connectivity index (χ0n) is 15.4. The van der Waals surface area contributed by atoms with E-state index in [1.807, 2.05) is 60.0 Å². The zero-order chi connectivity index (χ0) is 19.0. The summed E-state index contributed by atoms with van der Waals surface area (Å²) < 4.78 is 6.72. The Balaban J connectivity index is 1.70. The van der Waals surface area contributed by atoms with Crippen LogP contribution in [0.25, 0.3) is 11.0 Å². The molecule has 0 unspecified atom stereocenters. The number of carbonyl (C=O) groups excluding carboxylic acids is 2. The lowest BCUT2D eigenvalue weighted by molar-refractivity contribution is -0.141. The van der Waals surface area contributed by atoms with Crippen LogP contribution in [0.15, 0.2) is 48.5 Å². The second-order valence-corrected chi connectivity index (χ2v) is 6.86. The normalized spacial score (nSPS) is 16.9. The van der Waals surface area contributed by atoms with E-state index in [4.69, 9.17) is 9.72 Å². The summed E-state index contributed by atoms with van der Waals surface area (Å²) in [6.45, 7) is 2.65. The molecular weight excluding hydrogens is 342 g/mol. The van der Waals surface area contributed by atoms with Gasteiger partial charge in [0.1, 0.15) is 12.4 Å². The maximum atomic E-state index is 12.6. The number of hydrogen-bond donors (Lipinski definition) is 0. The van der Waals surface area contributed by atoms with Crippen LogP contribution in [0.2, 0.25) is 0 Å². The first-order chi connectivity index (χ1) is 13.1. The van der Waals surface area contributed by atoms with Gasteiger partial charge in [0.25, 0.3) is 0 Å². The Morgan fingerprint density at radius 2 is 1.93 bits per heavy atom. The fourth-order valence-electron chi connectivity index (χ4n) is 3.62. The first-order valence-electron chi connectivity index (χ1n) is 8.96. The van der Waals surface area contributed by atoms with E-state index < -0.39 is 0 Å². The van der Waals surface area contributed by atoms with Crippen molar-refractivity contribution in [3.05, 3.63) is 59.9 Å². The highest BCUT2D eigenvalue weighted by molar-refractivity contribution is 5.96. The number of hydrogen-bond acceptors (Lipinski definition) is 4. The molecule has 1 saturated heterocycles. The number of aryl methyl sites for hydroxylation is 1. The Hall–Kier alpha value is -3.15. The SMILES string of the molecule is COC(=O)Cn1c([C@H]2CC(=O)N(c3ccc(C)cc3)C2)nc2ccccc21. The van der Waals surface area contributed by atoms with Crippen molar-refractivity contribution in [2.45, 2.75) is 25.8 Å². The molecule has 4 rings (SSSR count). The summed E-state index contributed by atoms with van der Waals surface area (Å²) in [5, 5.41) is 0. The molecule has 1 amide bonds. The van der Waals surface area contributed by atoms with Crippen LogP contribution in [-0.4, -0.2) is 35.1 Å². The summed E-state index contributed by atoms with van der Waals surface area (Å²) in [7, 11) is 1.37. The second-order valence-electron chi connectivity index (χ2n) is 6.86. The molecule has 1 atom stereocenters. The minimum absolute atomic E-state index is 0.0699. The van der Waals surface area contributed by atoms with Crippen molar-refractivity contribution < 1.29 is 14.3 Å². The number of anilines is 1. The first kappa shape index (κ1) is 17.3. The van der Waals surface area contributed by atoms with Crippen molar-refractivity contribution in [3.8, 4) is 0 Å². The van der Waals surface area contributed by atoms with Gasteiger partial charge in [0.15, 0.2) is 0 Å². The number of ether oxygens (including phenoxy) is 1. The van der Waals surface area contributed by atoms with Gasteiger partial charge >= 0.3 is 5.97 Å². The van der Waals surface area contributed by atoms with Crippen molar-refractivity contribution in [2.75, 3.05) is 18.6 Å². The zero-order valence-corrected chi connectivity index (χ0v) is 15.4. The van der Waals surface area contributed by atoms with Crippen LogP contribution >= 0.6 is 0 Å². The summed E-state index contributed by atoms with van der Waals surface area (Å²) in [6, 6.07) is 15.6. The maximum absolute atomic E-state index is 12.6. The topological polar surface area (TPSA) is 64.4 Å². The van der Waals surface area contributed by atoms with E-state index in [2.05, 4.69) is 0 Å². The molecular formula is C21H21N3O3. The van der Waals surface area contributed by atoms with Gasteiger partial charge in [-0.25, -0.2) is 4.98 Å². The molecule has 6 nitrogen and oxygen atoms in total. The molecule has 0 N–H and O–H groups in total. The highest BCUT2D eigenvalue weighted by Gasteiger charge is 2.35. The smallest absolute Gasteiger partial charge is 0.325 e. The lowest BCUT2D eigenvalue weighted by Crippen LogP contribution is -2.24. The minimum Gasteiger partial charge on any atom is -0.468 e. The van der Waals surface area contributed by atoms with Gasteiger partial charge in [0.2, 0.25) is 5.91 Å². The Kier molecular flexibility index (Phi) is 4.39. The molecule has 27 heavy (non-hydrogen) atoms. The molecule has 1 aromatic heterocycles. The van der Waals surface area contributed by atoms with Gasteiger partial charge in [-0.15, -0.1) is 0 Å². The Labute approximate surface area is 157 Å². The lowest BCUT2D eigenvalue weighted by Gasteiger charge is -2.17. The molecule has 6 heteroatoms. The molecule has 3 aromatic rings. The third kappa shape index (κ3) is 3.18. The Bertz CT molecular complexity index is 1010. The van der Waals surface area contributed by atoms with Gasteiger partial charge in [0, 0.05) is 24.6 Å². The number of nitrogens with zero attached hydrogens (tertiary/aromatic N) is 3. The van der Waals surface area contributed by atoms with Crippen molar-refractivity contribution in [1.82, 2.24) is 9.55 Å². The Morgan fingerprint density at radius 1 is 1.19 bits per heavy atom. The molecule has 0 spiro atoms. The molecule has 1 aliphatic rings. The van der Waals surface area contributed by atoms with Crippen molar-refractivity contribution in [3.63, 3.8) is 0 Å². The largest absolute Gasteiger partial charge is 0.468 e. The Morgan fingerprint density at radius 3 is 2.67 bits per heavy atom. The summed E-state index contributed by atoms with van der Waals surface area (Å²) in [4.78, 5) is 31.1. The molecule has 0 radical (unpaired) electrons. The average Bonchev–Trinajstić information content (AvgIpc) is 3.23. The van der Waals surface area contributed by atoms with Gasteiger partial charge in [0.05, 0.1) is 18.1 Å². The van der Waals surface area contributed by atoms with Crippen LogP contribution in [0.3, 0.4) is 0 Å². The van der Waals surface area contributed by atoms with E-state index in [0.29, 0.717) is 13.0 Å². The van der Waals surface area contributed by atoms with E-state index in [-0.39, 0.29) is 24.3 Å². The second kappa shape index (κ2) is 6.87. The predicted molar refractivity (Wildman–Crippen MR) is 103 cm³/mol. The van der Waals surface area contributed by atoms with Crippen LogP contribution in [0.4, 0.5) is 5.69 Å². The van der Waals surface area contributed by atoms with E-state index >= 15 is 0 Å². The van der Waals surface area contributed by atoms with Crippen LogP contribution in [-0.2, 0) is 20.9 Å². The number of para-hydroxylation sites is 2. The number of methoxy groups -OCH3 is 1. The van der Waals surface area contributed by atoms with E-state index in [1.165, 1.54) is 7.11 Å². The number of fused-ring (bicyclic) bond motifs is 1. The number of rotatable bonds is 4. The molecule has 0 aliphatic carbocycles. The molecule has 2 heterocycles. The average molecular weight is 363 g/mol.